The fourth-order valence-corrected chi connectivity index (χ4v) is 3.36. The van der Waals surface area contributed by atoms with Crippen LogP contribution < -0.4 is 10.6 Å². The maximum absolute atomic E-state index is 13.6. The molecule has 1 aromatic carbocycles. The molecule has 0 unspecified atom stereocenters. The Labute approximate surface area is 146 Å². The van der Waals surface area contributed by atoms with E-state index in [0.717, 1.165) is 41.3 Å². The van der Waals surface area contributed by atoms with E-state index in [1.54, 1.807) is 6.92 Å². The van der Waals surface area contributed by atoms with E-state index in [1.165, 1.54) is 6.07 Å². The molecule has 0 amide bonds. The Hall–Kier alpha value is -2.47. The summed E-state index contributed by atoms with van der Waals surface area (Å²) in [4.78, 5) is 11.5. The smallest absolute Gasteiger partial charge is 0.208 e. The number of anilines is 1. The summed E-state index contributed by atoms with van der Waals surface area (Å²) in [6.07, 6.45) is 1.84. The first-order valence-corrected chi connectivity index (χ1v) is 8.58. The summed E-state index contributed by atoms with van der Waals surface area (Å²) in [7, 11) is 0. The molecule has 1 fully saturated rings. The van der Waals surface area contributed by atoms with Crippen LogP contribution in [0, 0.1) is 25.6 Å². The number of hydrogen-bond donors (Lipinski definition) is 1. The van der Waals surface area contributed by atoms with Gasteiger partial charge in [0, 0.05) is 25.2 Å². The zero-order valence-corrected chi connectivity index (χ0v) is 14.5. The monoisotopic (exact) mass is 339 g/mol. The Kier molecular flexibility index (Phi) is 3.92. The second-order valence-electron chi connectivity index (χ2n) is 6.94. The number of imidazole rings is 1. The normalized spacial score (nSPS) is 15.0. The Morgan fingerprint density at radius 3 is 2.76 bits per heavy atom. The van der Waals surface area contributed by atoms with Crippen molar-refractivity contribution in [2.45, 2.75) is 20.4 Å². The number of hydrogen-bond acceptors (Lipinski definition) is 4. The van der Waals surface area contributed by atoms with Gasteiger partial charge in [0.25, 0.3) is 0 Å². The summed E-state index contributed by atoms with van der Waals surface area (Å²) in [6.45, 7) is 6.99. The van der Waals surface area contributed by atoms with E-state index in [9.17, 15) is 4.39 Å². The van der Waals surface area contributed by atoms with E-state index < -0.39 is 0 Å². The molecule has 6 heteroatoms. The second kappa shape index (κ2) is 6.11. The van der Waals surface area contributed by atoms with E-state index in [0.29, 0.717) is 24.6 Å². The summed E-state index contributed by atoms with van der Waals surface area (Å²) >= 11 is 0. The van der Waals surface area contributed by atoms with Crippen LogP contribution in [0.4, 0.5) is 10.3 Å². The lowest BCUT2D eigenvalue weighted by Crippen LogP contribution is -2.51. The molecule has 3 heterocycles. The molecule has 1 aliphatic heterocycles. The lowest BCUT2D eigenvalue weighted by Gasteiger charge is -2.39. The minimum absolute atomic E-state index is 0.175. The second-order valence-corrected chi connectivity index (χ2v) is 6.94. The molecule has 5 nitrogen and oxygen atoms in total. The fraction of sp³-hybridized carbons (Fsp3) is 0.368. The number of fused-ring (bicyclic) bond motifs is 1. The highest BCUT2D eigenvalue weighted by Gasteiger charge is 2.30. The van der Waals surface area contributed by atoms with E-state index in [-0.39, 0.29) is 5.82 Å². The zero-order valence-electron chi connectivity index (χ0n) is 14.5. The number of pyridine rings is 1. The van der Waals surface area contributed by atoms with Crippen LogP contribution in [0.5, 0.6) is 0 Å². The van der Waals surface area contributed by atoms with Crippen LogP contribution in [0.3, 0.4) is 0 Å². The van der Waals surface area contributed by atoms with E-state index in [4.69, 9.17) is 10.7 Å². The largest absolute Gasteiger partial charge is 0.341 e. The lowest BCUT2D eigenvalue weighted by atomic mass is 10.0. The molecule has 0 spiro atoms. The number of halogens is 1. The molecule has 0 bridgehead atoms. The minimum Gasteiger partial charge on any atom is -0.341 e. The van der Waals surface area contributed by atoms with Crippen LogP contribution in [0.25, 0.3) is 11.2 Å². The van der Waals surface area contributed by atoms with Crippen molar-refractivity contribution in [3.63, 3.8) is 0 Å². The van der Waals surface area contributed by atoms with Crippen LogP contribution in [0.15, 0.2) is 30.5 Å². The van der Waals surface area contributed by atoms with Crippen LogP contribution in [0.1, 0.15) is 16.7 Å². The third-order valence-corrected chi connectivity index (χ3v) is 4.86. The van der Waals surface area contributed by atoms with Crippen molar-refractivity contribution in [1.29, 1.82) is 0 Å². The predicted molar refractivity (Wildman–Crippen MR) is 97.3 cm³/mol. The van der Waals surface area contributed by atoms with Crippen LogP contribution in [0.2, 0.25) is 0 Å². The molecular formula is C19H22FN5. The molecule has 1 saturated heterocycles. The number of rotatable bonds is 4. The van der Waals surface area contributed by atoms with Crippen molar-refractivity contribution in [3.8, 4) is 0 Å². The SMILES string of the molecule is Cc1cnc2nc(N3CC(CN)C3)n(Cc3ccc(F)c(C)c3)c2c1. The van der Waals surface area contributed by atoms with Gasteiger partial charge in [-0.1, -0.05) is 12.1 Å². The van der Waals surface area contributed by atoms with Gasteiger partial charge in [-0.25, -0.2) is 9.37 Å². The first-order valence-electron chi connectivity index (χ1n) is 8.58. The van der Waals surface area contributed by atoms with Gasteiger partial charge in [-0.3, -0.25) is 0 Å². The number of aryl methyl sites for hydroxylation is 2. The number of benzene rings is 1. The number of nitrogens with zero attached hydrogens (tertiary/aromatic N) is 4. The average molecular weight is 339 g/mol. The van der Waals surface area contributed by atoms with Gasteiger partial charge in [-0.2, -0.15) is 4.98 Å². The molecule has 0 aliphatic carbocycles. The third-order valence-electron chi connectivity index (χ3n) is 4.86. The summed E-state index contributed by atoms with van der Waals surface area (Å²) in [6, 6.07) is 7.36. The summed E-state index contributed by atoms with van der Waals surface area (Å²) in [5.41, 5.74) is 10.3. The molecular weight excluding hydrogens is 317 g/mol. The molecule has 130 valence electrons. The number of nitrogens with two attached hydrogens (primary N) is 1. The maximum Gasteiger partial charge on any atom is 0.208 e. The molecule has 3 aromatic rings. The Balaban J connectivity index is 1.76. The molecule has 4 rings (SSSR count). The summed E-state index contributed by atoms with van der Waals surface area (Å²) in [5.74, 6) is 1.27. The van der Waals surface area contributed by atoms with Gasteiger partial charge < -0.3 is 15.2 Å². The molecule has 0 saturated carbocycles. The zero-order chi connectivity index (χ0) is 17.6. The lowest BCUT2D eigenvalue weighted by molar-refractivity contribution is 0.409. The quantitative estimate of drug-likeness (QED) is 0.794. The van der Waals surface area contributed by atoms with Gasteiger partial charge in [0.15, 0.2) is 5.65 Å². The highest BCUT2D eigenvalue weighted by Crippen LogP contribution is 2.28. The van der Waals surface area contributed by atoms with Gasteiger partial charge in [0.1, 0.15) is 5.82 Å². The van der Waals surface area contributed by atoms with Crippen LogP contribution >= 0.6 is 0 Å². The molecule has 2 aromatic heterocycles. The highest BCUT2D eigenvalue weighted by atomic mass is 19.1. The first kappa shape index (κ1) is 16.0. The molecule has 1 aliphatic rings. The average Bonchev–Trinajstić information content (AvgIpc) is 2.88. The van der Waals surface area contributed by atoms with Gasteiger partial charge in [-0.15, -0.1) is 0 Å². The third kappa shape index (κ3) is 2.87. The van der Waals surface area contributed by atoms with Gasteiger partial charge in [0.2, 0.25) is 5.95 Å². The molecule has 25 heavy (non-hydrogen) atoms. The van der Waals surface area contributed by atoms with E-state index in [2.05, 4.69) is 20.5 Å². The summed E-state index contributed by atoms with van der Waals surface area (Å²) in [5, 5.41) is 0. The standard InChI is InChI=1S/C19H22FN5/c1-12-5-17-18(22-8-12)23-19(24-9-15(7-21)10-24)25(17)11-14-3-4-16(20)13(2)6-14/h3-6,8,15H,7,9-11,21H2,1-2H3. The van der Waals surface area contributed by atoms with Crippen molar-refractivity contribution in [2.75, 3.05) is 24.5 Å². The Bertz CT molecular complexity index is 927. The highest BCUT2D eigenvalue weighted by molar-refractivity contribution is 5.76. The van der Waals surface area contributed by atoms with Crippen LogP contribution in [-0.2, 0) is 6.54 Å². The fourth-order valence-electron chi connectivity index (χ4n) is 3.36. The van der Waals surface area contributed by atoms with Gasteiger partial charge >= 0.3 is 0 Å². The van der Waals surface area contributed by atoms with Gasteiger partial charge in [0.05, 0.1) is 12.1 Å². The van der Waals surface area contributed by atoms with Crippen molar-refractivity contribution in [1.82, 2.24) is 14.5 Å². The van der Waals surface area contributed by atoms with E-state index in [1.807, 2.05) is 25.3 Å². The topological polar surface area (TPSA) is 60.0 Å². The minimum atomic E-state index is -0.175. The van der Waals surface area contributed by atoms with E-state index >= 15 is 0 Å². The maximum atomic E-state index is 13.6. The van der Waals surface area contributed by atoms with Crippen molar-refractivity contribution in [3.05, 3.63) is 53.0 Å². The number of aromatic nitrogens is 3. The molecule has 2 N–H and O–H groups in total. The van der Waals surface area contributed by atoms with Gasteiger partial charge in [-0.05, 0) is 49.2 Å². The van der Waals surface area contributed by atoms with Crippen LogP contribution in [-0.4, -0.2) is 34.2 Å². The van der Waals surface area contributed by atoms with Crippen molar-refractivity contribution >= 4 is 17.1 Å². The van der Waals surface area contributed by atoms with Crippen molar-refractivity contribution < 1.29 is 4.39 Å². The molecule has 0 radical (unpaired) electrons. The predicted octanol–water partition coefficient (Wildman–Crippen LogP) is 2.63. The summed E-state index contributed by atoms with van der Waals surface area (Å²) < 4.78 is 15.8. The molecule has 0 atom stereocenters. The Morgan fingerprint density at radius 1 is 1.24 bits per heavy atom. The Morgan fingerprint density at radius 2 is 2.04 bits per heavy atom. The first-order chi connectivity index (χ1) is 12.0. The van der Waals surface area contributed by atoms with Crippen molar-refractivity contribution in [2.24, 2.45) is 11.7 Å².